The van der Waals surface area contributed by atoms with Crippen molar-refractivity contribution in [2.24, 2.45) is 0 Å². The van der Waals surface area contributed by atoms with E-state index in [0.717, 1.165) is 0 Å². The molecule has 0 bridgehead atoms. The maximum atomic E-state index is 12.2. The van der Waals surface area contributed by atoms with Gasteiger partial charge in [0.2, 0.25) is 6.39 Å². The largest absolute Gasteiger partial charge is 0.343 e. The molecule has 1 aromatic carbocycles. The van der Waals surface area contributed by atoms with Crippen LogP contribution in [0, 0.1) is 10.1 Å². The van der Waals surface area contributed by atoms with Crippen LogP contribution in [0.2, 0.25) is 0 Å². The lowest BCUT2D eigenvalue weighted by Gasteiger charge is -2.08. The molecule has 1 atom stereocenters. The Balaban J connectivity index is 1.76. The number of nitro groups is 1. The first-order valence-electron chi connectivity index (χ1n) is 6.91. The zero-order valence-electron chi connectivity index (χ0n) is 12.5. The number of rotatable bonds is 5. The lowest BCUT2D eigenvalue weighted by Crippen LogP contribution is -2.27. The Morgan fingerprint density at radius 3 is 2.96 bits per heavy atom. The minimum absolute atomic E-state index is 0.0550. The van der Waals surface area contributed by atoms with Crippen LogP contribution in [0.1, 0.15) is 29.3 Å². The summed E-state index contributed by atoms with van der Waals surface area (Å²) in [5.41, 5.74) is 0.668. The number of hydrogen-bond donors (Lipinski definition) is 2. The van der Waals surface area contributed by atoms with Gasteiger partial charge in [-0.05, 0) is 6.92 Å². The third-order valence-electron chi connectivity index (χ3n) is 3.26. The number of amides is 1. The second kappa shape index (κ2) is 6.28. The lowest BCUT2D eigenvalue weighted by molar-refractivity contribution is -0.384. The summed E-state index contributed by atoms with van der Waals surface area (Å²) in [6.45, 7) is 1.71. The van der Waals surface area contributed by atoms with Crippen molar-refractivity contribution in [3.05, 3.63) is 58.5 Å². The van der Waals surface area contributed by atoms with Crippen LogP contribution in [-0.2, 0) is 0 Å². The van der Waals surface area contributed by atoms with Crippen molar-refractivity contribution >= 4 is 11.6 Å². The highest BCUT2D eigenvalue weighted by Crippen LogP contribution is 2.21. The molecule has 3 aromatic rings. The summed E-state index contributed by atoms with van der Waals surface area (Å²) < 4.78 is 4.63. The molecule has 3 rings (SSSR count). The molecule has 122 valence electrons. The van der Waals surface area contributed by atoms with Gasteiger partial charge in [-0.15, -0.1) is 0 Å². The number of imidazole rings is 1. The SMILES string of the molecule is C[C@H](NC(=O)c1cnc(-c2cccc([N+](=O)[O-])c2)[nH]1)c1ncon1. The van der Waals surface area contributed by atoms with Gasteiger partial charge in [0.05, 0.1) is 17.2 Å². The first-order valence-corrected chi connectivity index (χ1v) is 6.91. The predicted octanol–water partition coefficient (Wildman–Crippen LogP) is 1.86. The molecule has 0 fully saturated rings. The Bertz CT molecular complexity index is 873. The quantitative estimate of drug-likeness (QED) is 0.538. The molecule has 0 saturated carbocycles. The summed E-state index contributed by atoms with van der Waals surface area (Å²) >= 11 is 0. The van der Waals surface area contributed by atoms with E-state index in [-0.39, 0.29) is 11.4 Å². The van der Waals surface area contributed by atoms with Crippen LogP contribution in [0.5, 0.6) is 0 Å². The minimum Gasteiger partial charge on any atom is -0.343 e. The Hall–Kier alpha value is -3.56. The van der Waals surface area contributed by atoms with E-state index in [1.807, 2.05) is 0 Å². The van der Waals surface area contributed by atoms with Gasteiger partial charge in [-0.25, -0.2) is 4.98 Å². The molecule has 0 aliphatic heterocycles. The molecular weight excluding hydrogens is 316 g/mol. The zero-order chi connectivity index (χ0) is 17.1. The number of benzene rings is 1. The van der Waals surface area contributed by atoms with Gasteiger partial charge in [0, 0.05) is 17.7 Å². The average molecular weight is 328 g/mol. The number of nitrogens with zero attached hydrogens (tertiary/aromatic N) is 4. The summed E-state index contributed by atoms with van der Waals surface area (Å²) in [7, 11) is 0. The number of carbonyl (C=O) groups is 1. The predicted molar refractivity (Wildman–Crippen MR) is 80.9 cm³/mol. The molecule has 0 aliphatic carbocycles. The summed E-state index contributed by atoms with van der Waals surface area (Å²) in [6, 6.07) is 5.53. The second-order valence-electron chi connectivity index (χ2n) is 4.94. The van der Waals surface area contributed by atoms with E-state index >= 15 is 0 Å². The average Bonchev–Trinajstić information content (AvgIpc) is 3.26. The summed E-state index contributed by atoms with van der Waals surface area (Å²) in [5.74, 6) is 0.300. The van der Waals surface area contributed by atoms with Crippen molar-refractivity contribution in [2.75, 3.05) is 0 Å². The van der Waals surface area contributed by atoms with Gasteiger partial charge in [0.1, 0.15) is 11.5 Å². The summed E-state index contributed by atoms with van der Waals surface area (Å²) in [6.07, 6.45) is 2.53. The highest BCUT2D eigenvalue weighted by Gasteiger charge is 2.17. The van der Waals surface area contributed by atoms with Crippen LogP contribution in [0.4, 0.5) is 5.69 Å². The van der Waals surface area contributed by atoms with Crippen LogP contribution in [-0.4, -0.2) is 30.9 Å². The topological polar surface area (TPSA) is 140 Å². The molecule has 10 heteroatoms. The van der Waals surface area contributed by atoms with Gasteiger partial charge in [-0.1, -0.05) is 17.3 Å². The highest BCUT2D eigenvalue weighted by molar-refractivity contribution is 5.92. The van der Waals surface area contributed by atoms with Crippen LogP contribution in [0.25, 0.3) is 11.4 Å². The van der Waals surface area contributed by atoms with Gasteiger partial charge >= 0.3 is 0 Å². The normalized spacial score (nSPS) is 11.9. The van der Waals surface area contributed by atoms with E-state index in [1.54, 1.807) is 19.1 Å². The highest BCUT2D eigenvalue weighted by atomic mass is 16.6. The van der Waals surface area contributed by atoms with E-state index < -0.39 is 16.9 Å². The first-order chi connectivity index (χ1) is 11.5. The van der Waals surface area contributed by atoms with E-state index in [1.165, 1.54) is 24.7 Å². The molecule has 0 spiro atoms. The molecule has 0 saturated heterocycles. The number of non-ortho nitro benzene ring substituents is 1. The monoisotopic (exact) mass is 328 g/mol. The molecule has 0 unspecified atom stereocenters. The van der Waals surface area contributed by atoms with Crippen molar-refractivity contribution in [1.29, 1.82) is 0 Å². The molecule has 0 aliphatic rings. The number of nitrogens with one attached hydrogen (secondary N) is 2. The van der Waals surface area contributed by atoms with E-state index in [2.05, 4.69) is 29.9 Å². The van der Waals surface area contributed by atoms with Crippen molar-refractivity contribution in [3.63, 3.8) is 0 Å². The van der Waals surface area contributed by atoms with Crippen LogP contribution in [0.3, 0.4) is 0 Å². The number of nitro benzene ring substituents is 1. The Morgan fingerprint density at radius 2 is 2.25 bits per heavy atom. The van der Waals surface area contributed by atoms with E-state index in [0.29, 0.717) is 17.2 Å². The van der Waals surface area contributed by atoms with Gasteiger partial charge in [-0.2, -0.15) is 4.98 Å². The fraction of sp³-hybridized carbons (Fsp3) is 0.143. The molecule has 24 heavy (non-hydrogen) atoms. The molecule has 0 radical (unpaired) electrons. The fourth-order valence-corrected chi connectivity index (χ4v) is 2.06. The molecule has 10 nitrogen and oxygen atoms in total. The molecule has 2 aromatic heterocycles. The van der Waals surface area contributed by atoms with Crippen LogP contribution < -0.4 is 5.32 Å². The van der Waals surface area contributed by atoms with Crippen molar-refractivity contribution in [3.8, 4) is 11.4 Å². The number of aromatic nitrogens is 4. The van der Waals surface area contributed by atoms with Crippen molar-refractivity contribution in [1.82, 2.24) is 25.4 Å². The maximum Gasteiger partial charge on any atom is 0.270 e. The second-order valence-corrected chi connectivity index (χ2v) is 4.94. The van der Waals surface area contributed by atoms with Crippen molar-refractivity contribution in [2.45, 2.75) is 13.0 Å². The van der Waals surface area contributed by atoms with E-state index in [9.17, 15) is 14.9 Å². The number of aromatic amines is 1. The Morgan fingerprint density at radius 1 is 1.42 bits per heavy atom. The summed E-state index contributed by atoms with van der Waals surface area (Å²) in [5, 5.41) is 17.2. The standard InChI is InChI=1S/C14H12N6O4/c1-8(12-16-7-24-19-12)17-14(21)11-6-15-13(18-11)9-3-2-4-10(5-9)20(22)23/h2-8H,1H3,(H,15,18)(H,17,21)/t8-/m0/s1. The van der Waals surface area contributed by atoms with Gasteiger partial charge in [-0.3, -0.25) is 14.9 Å². The minimum atomic E-state index is -0.493. The Labute approximate surface area is 135 Å². The lowest BCUT2D eigenvalue weighted by atomic mass is 10.2. The molecule has 1 amide bonds. The molecule has 2 N–H and O–H groups in total. The maximum absolute atomic E-state index is 12.2. The third-order valence-corrected chi connectivity index (χ3v) is 3.26. The number of H-pyrrole nitrogens is 1. The number of hydrogen-bond acceptors (Lipinski definition) is 7. The Kier molecular flexibility index (Phi) is 4.01. The van der Waals surface area contributed by atoms with Crippen LogP contribution >= 0.6 is 0 Å². The van der Waals surface area contributed by atoms with Crippen molar-refractivity contribution < 1.29 is 14.2 Å². The number of carbonyl (C=O) groups excluding carboxylic acids is 1. The van der Waals surface area contributed by atoms with Gasteiger partial charge in [0.25, 0.3) is 11.6 Å². The fourth-order valence-electron chi connectivity index (χ4n) is 2.06. The van der Waals surface area contributed by atoms with E-state index in [4.69, 9.17) is 0 Å². The molecular formula is C14H12N6O4. The molecule has 2 heterocycles. The van der Waals surface area contributed by atoms with Gasteiger partial charge in [0.15, 0.2) is 5.82 Å². The first kappa shape index (κ1) is 15.3. The van der Waals surface area contributed by atoms with Gasteiger partial charge < -0.3 is 14.8 Å². The summed E-state index contributed by atoms with van der Waals surface area (Å²) in [4.78, 5) is 33.3. The van der Waals surface area contributed by atoms with Crippen LogP contribution in [0.15, 0.2) is 41.4 Å². The smallest absolute Gasteiger partial charge is 0.270 e. The zero-order valence-corrected chi connectivity index (χ0v) is 12.5. The third kappa shape index (κ3) is 3.11.